The van der Waals surface area contributed by atoms with Crippen LogP contribution in [0, 0.1) is 0 Å². The summed E-state index contributed by atoms with van der Waals surface area (Å²) in [5.74, 6) is -0.409. The van der Waals surface area contributed by atoms with Crippen molar-refractivity contribution in [2.45, 2.75) is 30.8 Å². The fourth-order valence-electron chi connectivity index (χ4n) is 2.57. The molecule has 0 aromatic heterocycles. The number of nitrogens with one attached hydrogen (secondary N) is 1. The number of nitrogens with zero attached hydrogens (tertiary/aromatic N) is 1. The van der Waals surface area contributed by atoms with E-state index in [1.165, 1.54) is 16.4 Å². The molecule has 0 radical (unpaired) electrons. The molecule has 0 saturated carbocycles. The average Bonchev–Trinajstić information content (AvgIpc) is 2.46. The standard InChI is InChI=1S/C14H19F3N2O2S.ClH/c1-18-13-6-3-7-19(9-13)22(20,21)10-11-4-2-5-12(8-11)14(15,16)17;/h2,4-5,8,13,18H,3,6-7,9-10H2,1H3;1H. The number of hydrogen-bond acceptors (Lipinski definition) is 3. The van der Waals surface area contributed by atoms with Crippen molar-refractivity contribution < 1.29 is 21.6 Å². The Bertz CT molecular complexity index is 623. The molecule has 0 spiro atoms. The van der Waals surface area contributed by atoms with Crippen LogP contribution < -0.4 is 5.32 Å². The number of likely N-dealkylation sites (N-methyl/N-ethyl adjacent to an activating group) is 1. The van der Waals surface area contributed by atoms with Crippen LogP contribution in [0.2, 0.25) is 0 Å². The van der Waals surface area contributed by atoms with E-state index in [0.29, 0.717) is 13.1 Å². The number of halogens is 4. The minimum Gasteiger partial charge on any atom is -0.316 e. The van der Waals surface area contributed by atoms with Crippen molar-refractivity contribution in [3.8, 4) is 0 Å². The molecule has 0 amide bonds. The molecule has 1 saturated heterocycles. The Morgan fingerprint density at radius 1 is 1.35 bits per heavy atom. The summed E-state index contributed by atoms with van der Waals surface area (Å²) in [7, 11) is -1.84. The third-order valence-electron chi connectivity index (χ3n) is 3.79. The van der Waals surface area contributed by atoms with E-state index in [0.717, 1.165) is 25.0 Å². The van der Waals surface area contributed by atoms with Crippen molar-refractivity contribution in [2.75, 3.05) is 20.1 Å². The minimum absolute atomic E-state index is 0. The Balaban J connectivity index is 0.00000264. The summed E-state index contributed by atoms with van der Waals surface area (Å²) in [6.07, 6.45) is -2.83. The first kappa shape index (κ1) is 20.2. The summed E-state index contributed by atoms with van der Waals surface area (Å²) in [4.78, 5) is 0. The van der Waals surface area contributed by atoms with Crippen molar-refractivity contribution in [2.24, 2.45) is 0 Å². The van der Waals surface area contributed by atoms with Gasteiger partial charge in [0.25, 0.3) is 0 Å². The van der Waals surface area contributed by atoms with Gasteiger partial charge in [0.05, 0.1) is 11.3 Å². The van der Waals surface area contributed by atoms with E-state index in [9.17, 15) is 21.6 Å². The zero-order chi connectivity index (χ0) is 16.4. The first-order valence-electron chi connectivity index (χ1n) is 7.03. The maximum absolute atomic E-state index is 12.7. The molecule has 1 aromatic rings. The van der Waals surface area contributed by atoms with Gasteiger partial charge in [-0.2, -0.15) is 13.2 Å². The van der Waals surface area contributed by atoms with Gasteiger partial charge in [0.1, 0.15) is 0 Å². The maximum Gasteiger partial charge on any atom is 0.416 e. The van der Waals surface area contributed by atoms with Crippen LogP contribution in [0.15, 0.2) is 24.3 Å². The highest BCUT2D eigenvalue weighted by Crippen LogP contribution is 2.30. The minimum atomic E-state index is -4.47. The lowest BCUT2D eigenvalue weighted by atomic mass is 10.1. The van der Waals surface area contributed by atoms with E-state index in [4.69, 9.17) is 0 Å². The highest BCUT2D eigenvalue weighted by atomic mass is 35.5. The first-order chi connectivity index (χ1) is 10.2. The quantitative estimate of drug-likeness (QED) is 0.884. The van der Waals surface area contributed by atoms with Gasteiger partial charge in [0, 0.05) is 19.1 Å². The zero-order valence-corrected chi connectivity index (χ0v) is 14.3. The normalized spacial score (nSPS) is 20.1. The van der Waals surface area contributed by atoms with Crippen LogP contribution in [0.1, 0.15) is 24.0 Å². The van der Waals surface area contributed by atoms with Crippen molar-refractivity contribution in [3.63, 3.8) is 0 Å². The number of benzene rings is 1. The second-order valence-electron chi connectivity index (χ2n) is 5.44. The van der Waals surface area contributed by atoms with Crippen LogP contribution in [-0.4, -0.2) is 38.9 Å². The molecule has 1 aliphatic rings. The van der Waals surface area contributed by atoms with Crippen LogP contribution >= 0.6 is 12.4 Å². The first-order valence-corrected chi connectivity index (χ1v) is 8.64. The van der Waals surface area contributed by atoms with Gasteiger partial charge in [-0.1, -0.05) is 18.2 Å². The van der Waals surface area contributed by atoms with Crippen molar-refractivity contribution >= 4 is 22.4 Å². The van der Waals surface area contributed by atoms with Gasteiger partial charge in [-0.05, 0) is 31.5 Å². The summed E-state index contributed by atoms with van der Waals surface area (Å²) >= 11 is 0. The second kappa shape index (κ2) is 7.83. The zero-order valence-electron chi connectivity index (χ0n) is 12.6. The third-order valence-corrected chi connectivity index (χ3v) is 5.61. The summed E-state index contributed by atoms with van der Waals surface area (Å²) in [5.41, 5.74) is -0.673. The summed E-state index contributed by atoms with van der Waals surface area (Å²) in [6, 6.07) is 4.57. The summed E-state index contributed by atoms with van der Waals surface area (Å²) in [6.45, 7) is 0.775. The fourth-order valence-corrected chi connectivity index (χ4v) is 4.17. The molecule has 9 heteroatoms. The molecule has 1 unspecified atom stereocenters. The molecule has 23 heavy (non-hydrogen) atoms. The largest absolute Gasteiger partial charge is 0.416 e. The highest BCUT2D eigenvalue weighted by Gasteiger charge is 2.32. The Morgan fingerprint density at radius 2 is 2.04 bits per heavy atom. The molecule has 1 heterocycles. The van der Waals surface area contributed by atoms with E-state index in [2.05, 4.69) is 5.32 Å². The molecule has 0 bridgehead atoms. The average molecular weight is 373 g/mol. The molecule has 1 fully saturated rings. The Morgan fingerprint density at radius 3 is 2.65 bits per heavy atom. The van der Waals surface area contributed by atoms with Gasteiger partial charge in [0.15, 0.2) is 0 Å². The monoisotopic (exact) mass is 372 g/mol. The van der Waals surface area contributed by atoms with Gasteiger partial charge in [-0.15, -0.1) is 12.4 Å². The topological polar surface area (TPSA) is 49.4 Å². The highest BCUT2D eigenvalue weighted by molar-refractivity contribution is 7.88. The van der Waals surface area contributed by atoms with E-state index in [1.807, 2.05) is 0 Å². The lowest BCUT2D eigenvalue weighted by Gasteiger charge is -2.31. The molecule has 1 aromatic carbocycles. The Hall–Kier alpha value is -0.830. The number of piperidine rings is 1. The van der Waals surface area contributed by atoms with Crippen LogP contribution in [0.4, 0.5) is 13.2 Å². The van der Waals surface area contributed by atoms with E-state index < -0.39 is 27.5 Å². The summed E-state index contributed by atoms with van der Waals surface area (Å²) < 4.78 is 64.2. The van der Waals surface area contributed by atoms with E-state index in [-0.39, 0.29) is 24.0 Å². The Labute approximate surface area is 140 Å². The molecule has 1 atom stereocenters. The predicted molar refractivity (Wildman–Crippen MR) is 85.0 cm³/mol. The SMILES string of the molecule is CNC1CCCN(S(=O)(=O)Cc2cccc(C(F)(F)F)c2)C1.Cl. The molecule has 0 aliphatic carbocycles. The van der Waals surface area contributed by atoms with E-state index in [1.54, 1.807) is 7.05 Å². The van der Waals surface area contributed by atoms with Crippen LogP contribution in [-0.2, 0) is 22.0 Å². The molecule has 132 valence electrons. The van der Waals surface area contributed by atoms with Gasteiger partial charge < -0.3 is 5.32 Å². The Kier molecular flexibility index (Phi) is 6.88. The van der Waals surface area contributed by atoms with Gasteiger partial charge in [0.2, 0.25) is 10.0 Å². The number of rotatable bonds is 4. The second-order valence-corrected chi connectivity index (χ2v) is 7.41. The predicted octanol–water partition coefficient (Wildman–Crippen LogP) is 2.64. The third kappa shape index (κ3) is 5.34. The fraction of sp³-hybridized carbons (Fsp3) is 0.571. The smallest absolute Gasteiger partial charge is 0.316 e. The van der Waals surface area contributed by atoms with Crippen LogP contribution in [0.25, 0.3) is 0 Å². The van der Waals surface area contributed by atoms with Crippen LogP contribution in [0.5, 0.6) is 0 Å². The van der Waals surface area contributed by atoms with Gasteiger partial charge >= 0.3 is 6.18 Å². The molecule has 1 aliphatic heterocycles. The van der Waals surface area contributed by atoms with Crippen molar-refractivity contribution in [3.05, 3.63) is 35.4 Å². The number of hydrogen-bond donors (Lipinski definition) is 1. The van der Waals surface area contributed by atoms with Crippen molar-refractivity contribution in [1.82, 2.24) is 9.62 Å². The lowest BCUT2D eigenvalue weighted by molar-refractivity contribution is -0.137. The molecular weight excluding hydrogens is 353 g/mol. The number of alkyl halides is 3. The van der Waals surface area contributed by atoms with E-state index >= 15 is 0 Å². The van der Waals surface area contributed by atoms with Gasteiger partial charge in [-0.25, -0.2) is 12.7 Å². The van der Waals surface area contributed by atoms with Crippen LogP contribution in [0.3, 0.4) is 0 Å². The van der Waals surface area contributed by atoms with Crippen molar-refractivity contribution in [1.29, 1.82) is 0 Å². The molecule has 4 nitrogen and oxygen atoms in total. The lowest BCUT2D eigenvalue weighted by Crippen LogP contribution is -2.47. The van der Waals surface area contributed by atoms with Gasteiger partial charge in [-0.3, -0.25) is 0 Å². The molecule has 1 N–H and O–H groups in total. The maximum atomic E-state index is 12.7. The molecular formula is C14H20ClF3N2O2S. The summed E-state index contributed by atoms with van der Waals surface area (Å²) in [5, 5.41) is 3.04. The number of sulfonamides is 1. The molecule has 2 rings (SSSR count).